The molecule has 0 bridgehead atoms. The molecule has 4 heteroatoms. The lowest BCUT2D eigenvalue weighted by molar-refractivity contribution is 0.296. The molecule has 130 valence electrons. The maximum absolute atomic E-state index is 5.94. The van der Waals surface area contributed by atoms with Gasteiger partial charge in [-0.05, 0) is 30.9 Å². The summed E-state index contributed by atoms with van der Waals surface area (Å²) in [6.45, 7) is 2.79. The number of aromatic nitrogens is 1. The molecule has 0 spiro atoms. The first kappa shape index (κ1) is 15.9. The first-order chi connectivity index (χ1) is 12.3. The molecule has 1 N–H and O–H groups in total. The maximum atomic E-state index is 5.94. The van der Waals surface area contributed by atoms with Gasteiger partial charge in [-0.3, -0.25) is 0 Å². The smallest absolute Gasteiger partial charge is 0.192 e. The van der Waals surface area contributed by atoms with Crippen LogP contribution >= 0.6 is 0 Å². The number of methoxy groups -OCH3 is 1. The summed E-state index contributed by atoms with van der Waals surface area (Å²) in [6.07, 6.45) is 3.85. The summed E-state index contributed by atoms with van der Waals surface area (Å²) in [5, 5.41) is 1.06. The third-order valence-electron chi connectivity index (χ3n) is 4.84. The van der Waals surface area contributed by atoms with E-state index in [-0.39, 0.29) is 0 Å². The van der Waals surface area contributed by atoms with E-state index in [4.69, 9.17) is 9.47 Å². The van der Waals surface area contributed by atoms with Crippen molar-refractivity contribution in [3.8, 4) is 11.6 Å². The summed E-state index contributed by atoms with van der Waals surface area (Å²) < 4.78 is 11.6. The summed E-state index contributed by atoms with van der Waals surface area (Å²) in [7, 11) is 1.73. The molecule has 0 radical (unpaired) electrons. The van der Waals surface area contributed by atoms with Crippen molar-refractivity contribution in [1.29, 1.82) is 0 Å². The van der Waals surface area contributed by atoms with Crippen LogP contribution in [0.2, 0.25) is 0 Å². The van der Waals surface area contributed by atoms with E-state index in [1.807, 2.05) is 24.3 Å². The Bertz CT molecular complexity index is 836. The van der Waals surface area contributed by atoms with Crippen molar-refractivity contribution in [2.45, 2.75) is 25.9 Å². The Morgan fingerprint density at radius 2 is 1.80 bits per heavy atom. The Morgan fingerprint density at radius 1 is 1.00 bits per heavy atom. The highest BCUT2D eigenvalue weighted by Gasteiger charge is 2.15. The first-order valence-electron chi connectivity index (χ1n) is 8.96. The number of H-pyrrole nitrogens is 1. The standard InChI is InChI=1S/C21H24N2O2/c1-24-20-13-17(23-10-6-3-7-11-23)12-19-18(20)14-21(22-19)25-15-16-8-4-2-5-9-16/h2,4-5,8-9,12-14,22H,3,6-7,10-11,15H2,1H3. The van der Waals surface area contributed by atoms with Crippen molar-refractivity contribution in [2.24, 2.45) is 0 Å². The van der Waals surface area contributed by atoms with Crippen molar-refractivity contribution in [2.75, 3.05) is 25.1 Å². The lowest BCUT2D eigenvalue weighted by Crippen LogP contribution is -2.29. The minimum Gasteiger partial charge on any atom is -0.496 e. The number of piperidine rings is 1. The van der Waals surface area contributed by atoms with Gasteiger partial charge in [0.1, 0.15) is 12.4 Å². The number of rotatable bonds is 5. The van der Waals surface area contributed by atoms with E-state index in [1.165, 1.54) is 24.9 Å². The van der Waals surface area contributed by atoms with Crippen molar-refractivity contribution in [3.05, 3.63) is 54.1 Å². The van der Waals surface area contributed by atoms with Crippen LogP contribution in [0.25, 0.3) is 10.9 Å². The molecule has 2 heterocycles. The largest absolute Gasteiger partial charge is 0.496 e. The maximum Gasteiger partial charge on any atom is 0.192 e. The molecule has 3 aromatic rings. The van der Waals surface area contributed by atoms with E-state index in [9.17, 15) is 0 Å². The fraction of sp³-hybridized carbons (Fsp3) is 0.333. The van der Waals surface area contributed by atoms with Crippen LogP contribution in [0.5, 0.6) is 11.6 Å². The molecule has 0 amide bonds. The van der Waals surface area contributed by atoms with Crippen molar-refractivity contribution in [1.82, 2.24) is 4.98 Å². The highest BCUT2D eigenvalue weighted by molar-refractivity contribution is 5.91. The molecule has 1 aliphatic rings. The van der Waals surface area contributed by atoms with Crippen LogP contribution in [0, 0.1) is 0 Å². The zero-order valence-corrected chi connectivity index (χ0v) is 14.6. The molecule has 0 atom stereocenters. The fourth-order valence-corrected chi connectivity index (χ4v) is 3.48. The zero-order chi connectivity index (χ0) is 17.1. The van der Waals surface area contributed by atoms with Crippen LogP contribution in [0.15, 0.2) is 48.5 Å². The summed E-state index contributed by atoms with van der Waals surface area (Å²) in [6, 6.07) is 16.6. The Hall–Kier alpha value is -2.62. The van der Waals surface area contributed by atoms with Gasteiger partial charge in [0.15, 0.2) is 5.88 Å². The van der Waals surface area contributed by atoms with Gasteiger partial charge in [-0.15, -0.1) is 0 Å². The highest BCUT2D eigenvalue weighted by Crippen LogP contribution is 2.35. The van der Waals surface area contributed by atoms with Crippen molar-refractivity contribution < 1.29 is 9.47 Å². The lowest BCUT2D eigenvalue weighted by Gasteiger charge is -2.29. The highest BCUT2D eigenvalue weighted by atomic mass is 16.5. The van der Waals surface area contributed by atoms with Gasteiger partial charge in [0.2, 0.25) is 0 Å². The zero-order valence-electron chi connectivity index (χ0n) is 14.6. The van der Waals surface area contributed by atoms with Gasteiger partial charge in [0, 0.05) is 36.3 Å². The van der Waals surface area contributed by atoms with Gasteiger partial charge in [0.05, 0.1) is 12.6 Å². The van der Waals surface area contributed by atoms with Gasteiger partial charge < -0.3 is 19.4 Å². The fourth-order valence-electron chi connectivity index (χ4n) is 3.48. The number of benzene rings is 2. The summed E-state index contributed by atoms with van der Waals surface area (Å²) in [4.78, 5) is 5.83. The Kier molecular flexibility index (Phi) is 4.51. The predicted octanol–water partition coefficient (Wildman–Crippen LogP) is 4.75. The second kappa shape index (κ2) is 7.09. The molecule has 4 rings (SSSR count). The number of hydrogen-bond donors (Lipinski definition) is 1. The number of aromatic amines is 1. The number of nitrogens with zero attached hydrogens (tertiary/aromatic N) is 1. The quantitative estimate of drug-likeness (QED) is 0.731. The van der Waals surface area contributed by atoms with Gasteiger partial charge in [-0.25, -0.2) is 0 Å². The van der Waals surface area contributed by atoms with Crippen molar-refractivity contribution in [3.63, 3.8) is 0 Å². The van der Waals surface area contributed by atoms with E-state index in [1.54, 1.807) is 7.11 Å². The van der Waals surface area contributed by atoms with Crippen LogP contribution in [-0.4, -0.2) is 25.2 Å². The Balaban J connectivity index is 1.60. The van der Waals surface area contributed by atoms with E-state index >= 15 is 0 Å². The van der Waals surface area contributed by atoms with E-state index in [2.05, 4.69) is 34.1 Å². The van der Waals surface area contributed by atoms with Crippen LogP contribution in [0.3, 0.4) is 0 Å². The second-order valence-corrected chi connectivity index (χ2v) is 6.56. The normalized spacial score (nSPS) is 14.7. The molecule has 1 saturated heterocycles. The SMILES string of the molecule is COc1cc(N2CCCCC2)cc2[nH]c(OCc3ccccc3)cc12. The molecule has 1 aromatic heterocycles. The average molecular weight is 336 g/mol. The number of fused-ring (bicyclic) bond motifs is 1. The number of nitrogens with one attached hydrogen (secondary N) is 1. The summed E-state index contributed by atoms with van der Waals surface area (Å²) in [5.41, 5.74) is 3.44. The molecule has 1 fully saturated rings. The van der Waals surface area contributed by atoms with Crippen LogP contribution < -0.4 is 14.4 Å². The van der Waals surface area contributed by atoms with Crippen molar-refractivity contribution >= 4 is 16.6 Å². The minimum absolute atomic E-state index is 0.551. The number of hydrogen-bond acceptors (Lipinski definition) is 3. The number of ether oxygens (including phenoxy) is 2. The van der Waals surface area contributed by atoms with Gasteiger partial charge in [-0.1, -0.05) is 30.3 Å². The average Bonchev–Trinajstić information content (AvgIpc) is 3.10. The van der Waals surface area contributed by atoms with Gasteiger partial charge in [0.25, 0.3) is 0 Å². The molecule has 0 saturated carbocycles. The molecular formula is C21H24N2O2. The topological polar surface area (TPSA) is 37.5 Å². The van der Waals surface area contributed by atoms with E-state index < -0.39 is 0 Å². The molecule has 4 nitrogen and oxygen atoms in total. The minimum atomic E-state index is 0.551. The van der Waals surface area contributed by atoms with E-state index in [0.29, 0.717) is 6.61 Å². The predicted molar refractivity (Wildman–Crippen MR) is 102 cm³/mol. The van der Waals surface area contributed by atoms with Crippen LogP contribution in [0.4, 0.5) is 5.69 Å². The molecule has 0 unspecified atom stereocenters. The monoisotopic (exact) mass is 336 g/mol. The van der Waals surface area contributed by atoms with E-state index in [0.717, 1.165) is 41.2 Å². The molecule has 1 aliphatic heterocycles. The number of anilines is 1. The molecule has 2 aromatic carbocycles. The van der Waals surface area contributed by atoms with Crippen LogP contribution in [0.1, 0.15) is 24.8 Å². The van der Waals surface area contributed by atoms with Gasteiger partial charge >= 0.3 is 0 Å². The third-order valence-corrected chi connectivity index (χ3v) is 4.84. The van der Waals surface area contributed by atoms with Crippen LogP contribution in [-0.2, 0) is 6.61 Å². The lowest BCUT2D eigenvalue weighted by atomic mass is 10.1. The van der Waals surface area contributed by atoms with Gasteiger partial charge in [-0.2, -0.15) is 0 Å². The Labute approximate surface area is 148 Å². The molecular weight excluding hydrogens is 312 g/mol. The first-order valence-corrected chi connectivity index (χ1v) is 8.96. The Morgan fingerprint density at radius 3 is 2.56 bits per heavy atom. The second-order valence-electron chi connectivity index (χ2n) is 6.56. The third kappa shape index (κ3) is 3.43. The summed E-state index contributed by atoms with van der Waals surface area (Å²) >= 11 is 0. The molecule has 25 heavy (non-hydrogen) atoms. The molecule has 0 aliphatic carbocycles. The summed E-state index contributed by atoms with van der Waals surface area (Å²) in [5.74, 6) is 1.66.